The van der Waals surface area contributed by atoms with Gasteiger partial charge in [-0.3, -0.25) is 4.90 Å². The second kappa shape index (κ2) is 3.58. The fourth-order valence-corrected chi connectivity index (χ4v) is 2.61. The van der Waals surface area contributed by atoms with Crippen LogP contribution in [0.1, 0.15) is 33.1 Å². The van der Waals surface area contributed by atoms with Crippen LogP contribution in [-0.4, -0.2) is 30.1 Å². The van der Waals surface area contributed by atoms with Crippen molar-refractivity contribution in [2.45, 2.75) is 45.2 Å². The van der Waals surface area contributed by atoms with Crippen LogP contribution in [0, 0.1) is 11.8 Å². The minimum atomic E-state index is 0.454. The fraction of sp³-hybridized carbons (Fsp3) is 1.00. The lowest BCUT2D eigenvalue weighted by Gasteiger charge is -2.35. The molecule has 76 valence electrons. The van der Waals surface area contributed by atoms with Gasteiger partial charge in [0.25, 0.3) is 0 Å². The Hall–Kier alpha value is -0.0800. The number of likely N-dealkylation sites (tertiary alicyclic amines) is 1. The molecule has 0 aromatic heterocycles. The standard InChI is InChI=1S/C11H22N2/c1-3-9-6-11(9)13-5-4-10(12)8(2)7-13/h8-11H,3-7,12H2,1-2H3. The Bertz CT molecular complexity index is 181. The fourth-order valence-electron chi connectivity index (χ4n) is 2.61. The molecule has 4 unspecified atom stereocenters. The Balaban J connectivity index is 1.83. The van der Waals surface area contributed by atoms with Crippen LogP contribution in [-0.2, 0) is 0 Å². The molecule has 2 fully saturated rings. The van der Waals surface area contributed by atoms with Gasteiger partial charge in [0.2, 0.25) is 0 Å². The van der Waals surface area contributed by atoms with Crippen molar-refractivity contribution in [2.75, 3.05) is 13.1 Å². The SMILES string of the molecule is CCC1CC1N1CCC(N)C(C)C1. The molecule has 0 radical (unpaired) electrons. The zero-order valence-corrected chi connectivity index (χ0v) is 8.87. The van der Waals surface area contributed by atoms with E-state index in [0.717, 1.165) is 12.0 Å². The monoisotopic (exact) mass is 182 g/mol. The van der Waals surface area contributed by atoms with E-state index in [1.54, 1.807) is 0 Å². The van der Waals surface area contributed by atoms with Crippen LogP contribution in [0.15, 0.2) is 0 Å². The molecule has 1 aliphatic carbocycles. The number of hydrogen-bond acceptors (Lipinski definition) is 2. The lowest BCUT2D eigenvalue weighted by atomic mass is 9.94. The summed E-state index contributed by atoms with van der Waals surface area (Å²) in [6.07, 6.45) is 4.01. The van der Waals surface area contributed by atoms with Crippen LogP contribution in [0.4, 0.5) is 0 Å². The number of piperidine rings is 1. The van der Waals surface area contributed by atoms with Crippen LogP contribution < -0.4 is 5.73 Å². The molecular weight excluding hydrogens is 160 g/mol. The maximum atomic E-state index is 6.00. The van der Waals surface area contributed by atoms with E-state index >= 15 is 0 Å². The normalized spacial score (nSPS) is 46.4. The average Bonchev–Trinajstić information content (AvgIpc) is 2.88. The summed E-state index contributed by atoms with van der Waals surface area (Å²) in [4.78, 5) is 2.67. The molecule has 2 nitrogen and oxygen atoms in total. The Morgan fingerprint density at radius 2 is 2.23 bits per heavy atom. The van der Waals surface area contributed by atoms with E-state index in [1.807, 2.05) is 0 Å². The van der Waals surface area contributed by atoms with Gasteiger partial charge >= 0.3 is 0 Å². The second-order valence-electron chi connectivity index (χ2n) is 4.90. The lowest BCUT2D eigenvalue weighted by Crippen LogP contribution is -2.47. The van der Waals surface area contributed by atoms with Gasteiger partial charge in [-0.25, -0.2) is 0 Å². The predicted octanol–water partition coefficient (Wildman–Crippen LogP) is 1.45. The summed E-state index contributed by atoms with van der Waals surface area (Å²) in [5, 5.41) is 0. The number of hydrogen-bond donors (Lipinski definition) is 1. The summed E-state index contributed by atoms with van der Waals surface area (Å²) in [7, 11) is 0. The molecule has 0 aromatic carbocycles. The highest BCUT2D eigenvalue weighted by atomic mass is 15.2. The molecule has 1 aliphatic heterocycles. The van der Waals surface area contributed by atoms with E-state index in [1.165, 1.54) is 32.4 Å². The Kier molecular flexibility index (Phi) is 2.61. The van der Waals surface area contributed by atoms with Crippen LogP contribution in [0.3, 0.4) is 0 Å². The number of rotatable bonds is 2. The van der Waals surface area contributed by atoms with E-state index in [-0.39, 0.29) is 0 Å². The first kappa shape index (κ1) is 9.47. The third-order valence-electron chi connectivity index (χ3n) is 3.88. The summed E-state index contributed by atoms with van der Waals surface area (Å²) < 4.78 is 0. The molecule has 0 amide bonds. The zero-order chi connectivity index (χ0) is 9.42. The third kappa shape index (κ3) is 1.89. The first-order valence-electron chi connectivity index (χ1n) is 5.72. The van der Waals surface area contributed by atoms with Crippen LogP contribution >= 0.6 is 0 Å². The van der Waals surface area contributed by atoms with Gasteiger partial charge in [-0.05, 0) is 31.2 Å². The van der Waals surface area contributed by atoms with Gasteiger partial charge in [-0.2, -0.15) is 0 Å². The number of nitrogens with zero attached hydrogens (tertiary/aromatic N) is 1. The quantitative estimate of drug-likeness (QED) is 0.700. The molecule has 0 spiro atoms. The van der Waals surface area contributed by atoms with Gasteiger partial charge in [0.1, 0.15) is 0 Å². The van der Waals surface area contributed by atoms with E-state index in [4.69, 9.17) is 5.73 Å². The Morgan fingerprint density at radius 3 is 2.77 bits per heavy atom. The van der Waals surface area contributed by atoms with Gasteiger partial charge in [-0.1, -0.05) is 20.3 Å². The summed E-state index contributed by atoms with van der Waals surface area (Å²) in [6, 6.07) is 1.37. The van der Waals surface area contributed by atoms with Gasteiger partial charge in [0, 0.05) is 18.6 Å². The van der Waals surface area contributed by atoms with E-state index in [2.05, 4.69) is 18.7 Å². The molecule has 2 N–H and O–H groups in total. The summed E-state index contributed by atoms with van der Waals surface area (Å²) >= 11 is 0. The average molecular weight is 182 g/mol. The van der Waals surface area contributed by atoms with Crippen molar-refractivity contribution in [3.63, 3.8) is 0 Å². The number of nitrogens with two attached hydrogens (primary N) is 1. The highest BCUT2D eigenvalue weighted by molar-refractivity contribution is 4.96. The summed E-state index contributed by atoms with van der Waals surface area (Å²) in [6.45, 7) is 7.08. The molecule has 0 bridgehead atoms. The van der Waals surface area contributed by atoms with Crippen LogP contribution in [0.2, 0.25) is 0 Å². The maximum absolute atomic E-state index is 6.00. The molecule has 2 rings (SSSR count). The van der Waals surface area contributed by atoms with Crippen molar-refractivity contribution in [3.8, 4) is 0 Å². The molecule has 1 heterocycles. The lowest BCUT2D eigenvalue weighted by molar-refractivity contribution is 0.150. The molecule has 4 atom stereocenters. The minimum Gasteiger partial charge on any atom is -0.327 e. The van der Waals surface area contributed by atoms with E-state index in [9.17, 15) is 0 Å². The van der Waals surface area contributed by atoms with Gasteiger partial charge in [-0.15, -0.1) is 0 Å². The molecule has 1 saturated heterocycles. The van der Waals surface area contributed by atoms with Crippen molar-refractivity contribution in [1.29, 1.82) is 0 Å². The summed E-state index contributed by atoms with van der Waals surface area (Å²) in [5.41, 5.74) is 6.00. The van der Waals surface area contributed by atoms with Crippen molar-refractivity contribution in [3.05, 3.63) is 0 Å². The van der Waals surface area contributed by atoms with Crippen molar-refractivity contribution in [2.24, 2.45) is 17.6 Å². The van der Waals surface area contributed by atoms with Gasteiger partial charge in [0.15, 0.2) is 0 Å². The molecule has 1 saturated carbocycles. The minimum absolute atomic E-state index is 0.454. The first-order chi connectivity index (χ1) is 6.22. The third-order valence-corrected chi connectivity index (χ3v) is 3.88. The van der Waals surface area contributed by atoms with Crippen LogP contribution in [0.25, 0.3) is 0 Å². The molecule has 13 heavy (non-hydrogen) atoms. The molecule has 2 aliphatic rings. The van der Waals surface area contributed by atoms with E-state index < -0.39 is 0 Å². The van der Waals surface area contributed by atoms with Crippen LogP contribution in [0.5, 0.6) is 0 Å². The predicted molar refractivity (Wildman–Crippen MR) is 55.5 cm³/mol. The maximum Gasteiger partial charge on any atom is 0.0127 e. The van der Waals surface area contributed by atoms with Gasteiger partial charge < -0.3 is 5.73 Å². The second-order valence-corrected chi connectivity index (χ2v) is 4.90. The smallest absolute Gasteiger partial charge is 0.0127 e. The Labute approximate surface area is 81.5 Å². The molecule has 0 aromatic rings. The van der Waals surface area contributed by atoms with Crippen molar-refractivity contribution < 1.29 is 0 Å². The highest BCUT2D eigenvalue weighted by Crippen LogP contribution is 2.39. The zero-order valence-electron chi connectivity index (χ0n) is 8.87. The van der Waals surface area contributed by atoms with E-state index in [0.29, 0.717) is 12.0 Å². The first-order valence-corrected chi connectivity index (χ1v) is 5.72. The van der Waals surface area contributed by atoms with Crippen molar-refractivity contribution >= 4 is 0 Å². The Morgan fingerprint density at radius 1 is 1.46 bits per heavy atom. The largest absolute Gasteiger partial charge is 0.327 e. The highest BCUT2D eigenvalue weighted by Gasteiger charge is 2.41. The van der Waals surface area contributed by atoms with Gasteiger partial charge in [0.05, 0.1) is 0 Å². The summed E-state index contributed by atoms with van der Waals surface area (Å²) in [5.74, 6) is 1.70. The molecular formula is C11H22N2. The van der Waals surface area contributed by atoms with Crippen molar-refractivity contribution in [1.82, 2.24) is 4.90 Å². The molecule has 2 heteroatoms. The topological polar surface area (TPSA) is 29.3 Å².